The van der Waals surface area contributed by atoms with Gasteiger partial charge in [0.05, 0.1) is 12.8 Å². The van der Waals surface area contributed by atoms with E-state index in [4.69, 9.17) is 10.1 Å². The zero-order chi connectivity index (χ0) is 17.8. The Morgan fingerprint density at radius 3 is 2.08 bits per heavy atom. The lowest BCUT2D eigenvalue weighted by Gasteiger charge is -2.08. The van der Waals surface area contributed by atoms with Gasteiger partial charge < -0.3 is 9.84 Å². The van der Waals surface area contributed by atoms with Gasteiger partial charge in [-0.05, 0) is 54.6 Å². The zero-order valence-corrected chi connectivity index (χ0v) is 13.7. The average Bonchev–Trinajstić information content (AvgIpc) is 2.67. The first-order valence-electron chi connectivity index (χ1n) is 7.75. The van der Waals surface area contributed by atoms with Crippen molar-refractivity contribution in [1.29, 1.82) is 5.41 Å². The number of aromatic hydroxyl groups is 1. The lowest BCUT2D eigenvalue weighted by atomic mass is 9.97. The molecule has 0 aliphatic rings. The molecule has 0 aliphatic carbocycles. The number of methoxy groups -OCH3 is 1. The van der Waals surface area contributed by atoms with Crippen LogP contribution >= 0.6 is 0 Å². The molecule has 4 nitrogen and oxygen atoms in total. The normalized spacial score (nSPS) is 10.3. The van der Waals surface area contributed by atoms with E-state index >= 15 is 0 Å². The highest BCUT2D eigenvalue weighted by Crippen LogP contribution is 2.18. The van der Waals surface area contributed by atoms with Crippen LogP contribution < -0.4 is 4.74 Å². The summed E-state index contributed by atoms with van der Waals surface area (Å²) in [5, 5.41) is 17.7. The van der Waals surface area contributed by atoms with Gasteiger partial charge in [0.2, 0.25) is 0 Å². The van der Waals surface area contributed by atoms with Crippen molar-refractivity contribution < 1.29 is 14.6 Å². The van der Waals surface area contributed by atoms with Crippen molar-refractivity contribution in [2.45, 2.75) is 0 Å². The Kier molecular flexibility index (Phi) is 4.61. The number of ether oxygens (including phenoxy) is 1. The number of rotatable bonds is 5. The molecule has 0 saturated carbocycles. The number of carbonyl (C=O) groups is 1. The first-order chi connectivity index (χ1) is 12.1. The van der Waals surface area contributed by atoms with Crippen LogP contribution in [0.5, 0.6) is 11.5 Å². The summed E-state index contributed by atoms with van der Waals surface area (Å²) in [4.78, 5) is 12.6. The van der Waals surface area contributed by atoms with Gasteiger partial charge in [0, 0.05) is 22.3 Å². The molecule has 0 aromatic heterocycles. The fourth-order valence-corrected chi connectivity index (χ4v) is 2.52. The Balaban J connectivity index is 1.88. The molecule has 0 unspecified atom stereocenters. The number of hydrogen-bond donors (Lipinski definition) is 2. The van der Waals surface area contributed by atoms with Crippen LogP contribution in [0.15, 0.2) is 72.8 Å². The molecule has 3 aromatic rings. The van der Waals surface area contributed by atoms with Crippen molar-refractivity contribution >= 4 is 11.5 Å². The summed E-state index contributed by atoms with van der Waals surface area (Å²) >= 11 is 0. The van der Waals surface area contributed by atoms with Crippen LogP contribution in [-0.4, -0.2) is 23.7 Å². The third-order valence-electron chi connectivity index (χ3n) is 3.92. The van der Waals surface area contributed by atoms with Crippen LogP contribution in [0, 0.1) is 5.41 Å². The molecule has 0 radical (unpaired) electrons. The summed E-state index contributed by atoms with van der Waals surface area (Å²) in [6.45, 7) is 0. The number of benzene rings is 3. The number of nitrogens with one attached hydrogen (secondary N) is 1. The summed E-state index contributed by atoms with van der Waals surface area (Å²) < 4.78 is 5.13. The maximum Gasteiger partial charge on any atom is 0.193 e. The predicted molar refractivity (Wildman–Crippen MR) is 96.9 cm³/mol. The van der Waals surface area contributed by atoms with E-state index in [1.807, 2.05) is 12.1 Å². The van der Waals surface area contributed by atoms with Crippen LogP contribution in [0.2, 0.25) is 0 Å². The molecule has 0 atom stereocenters. The Morgan fingerprint density at radius 1 is 0.840 bits per heavy atom. The van der Waals surface area contributed by atoms with Gasteiger partial charge in [-0.1, -0.05) is 18.2 Å². The van der Waals surface area contributed by atoms with E-state index in [0.717, 1.165) is 11.3 Å². The number of hydrogen-bond acceptors (Lipinski definition) is 4. The van der Waals surface area contributed by atoms with Gasteiger partial charge in [0.15, 0.2) is 5.78 Å². The van der Waals surface area contributed by atoms with Gasteiger partial charge in [-0.2, -0.15) is 0 Å². The molecule has 0 aliphatic heterocycles. The lowest BCUT2D eigenvalue weighted by Crippen LogP contribution is -2.05. The Bertz CT molecular complexity index is 913. The summed E-state index contributed by atoms with van der Waals surface area (Å²) in [7, 11) is 1.60. The second-order valence-electron chi connectivity index (χ2n) is 5.56. The molecule has 0 spiro atoms. The van der Waals surface area contributed by atoms with Crippen LogP contribution in [0.3, 0.4) is 0 Å². The molecular weight excluding hydrogens is 314 g/mol. The van der Waals surface area contributed by atoms with Crippen molar-refractivity contribution in [2.75, 3.05) is 7.11 Å². The molecule has 2 N–H and O–H groups in total. The van der Waals surface area contributed by atoms with E-state index in [1.54, 1.807) is 55.6 Å². The second-order valence-corrected chi connectivity index (χ2v) is 5.56. The Morgan fingerprint density at radius 2 is 1.44 bits per heavy atom. The third kappa shape index (κ3) is 3.58. The first kappa shape index (κ1) is 16.5. The highest BCUT2D eigenvalue weighted by molar-refractivity contribution is 6.14. The minimum absolute atomic E-state index is 0.117. The predicted octanol–water partition coefficient (Wildman–Crippen LogP) is 4.05. The van der Waals surface area contributed by atoms with Crippen LogP contribution in [0.1, 0.15) is 27.0 Å². The minimum Gasteiger partial charge on any atom is -0.508 e. The molecular formula is C21H17NO3. The summed E-state index contributed by atoms with van der Waals surface area (Å²) in [6.07, 6.45) is 0. The van der Waals surface area contributed by atoms with Crippen LogP contribution in [0.4, 0.5) is 0 Å². The number of ketones is 1. The highest BCUT2D eigenvalue weighted by Gasteiger charge is 2.12. The number of phenols is 1. The topological polar surface area (TPSA) is 70.4 Å². The van der Waals surface area contributed by atoms with Crippen molar-refractivity contribution in [3.63, 3.8) is 0 Å². The molecule has 124 valence electrons. The van der Waals surface area contributed by atoms with E-state index in [-0.39, 0.29) is 11.5 Å². The third-order valence-corrected chi connectivity index (χ3v) is 3.92. The van der Waals surface area contributed by atoms with Gasteiger partial charge in [-0.15, -0.1) is 0 Å². The maximum atomic E-state index is 12.6. The fourth-order valence-electron chi connectivity index (χ4n) is 2.52. The van der Waals surface area contributed by atoms with E-state index < -0.39 is 0 Å². The molecule has 3 rings (SSSR count). The first-order valence-corrected chi connectivity index (χ1v) is 7.75. The number of carbonyl (C=O) groups excluding carboxylic acids is 1. The van der Waals surface area contributed by atoms with Crippen molar-refractivity contribution in [1.82, 2.24) is 0 Å². The molecule has 0 fully saturated rings. The molecule has 3 aromatic carbocycles. The monoisotopic (exact) mass is 331 g/mol. The standard InChI is InChI=1S/C21H17NO3/c1-25-19-11-7-14(8-12-19)20(22)16-3-2-4-17(13-16)21(24)15-5-9-18(23)10-6-15/h2-13,22-23H,1H3. The van der Waals surface area contributed by atoms with Gasteiger partial charge in [-0.3, -0.25) is 10.2 Å². The SMILES string of the molecule is COc1ccc(C(=N)c2cccc(C(=O)c3ccc(O)cc3)c2)cc1. The number of phenolic OH excluding ortho intramolecular Hbond substituents is 1. The minimum atomic E-state index is -0.149. The van der Waals surface area contributed by atoms with Crippen molar-refractivity contribution in [3.05, 3.63) is 95.1 Å². The molecule has 0 heterocycles. The van der Waals surface area contributed by atoms with E-state index in [2.05, 4.69) is 0 Å². The second kappa shape index (κ2) is 7.01. The van der Waals surface area contributed by atoms with Crippen LogP contribution in [0.25, 0.3) is 0 Å². The highest BCUT2D eigenvalue weighted by atomic mass is 16.5. The Labute approximate surface area is 145 Å². The van der Waals surface area contributed by atoms with Crippen molar-refractivity contribution in [3.8, 4) is 11.5 Å². The van der Waals surface area contributed by atoms with Gasteiger partial charge >= 0.3 is 0 Å². The van der Waals surface area contributed by atoms with E-state index in [1.165, 1.54) is 12.1 Å². The quantitative estimate of drug-likeness (QED) is 0.547. The zero-order valence-electron chi connectivity index (χ0n) is 13.7. The van der Waals surface area contributed by atoms with E-state index in [9.17, 15) is 9.90 Å². The lowest BCUT2D eigenvalue weighted by molar-refractivity contribution is 0.103. The average molecular weight is 331 g/mol. The Hall–Kier alpha value is -3.40. The van der Waals surface area contributed by atoms with Crippen molar-refractivity contribution in [2.24, 2.45) is 0 Å². The largest absolute Gasteiger partial charge is 0.508 e. The molecule has 25 heavy (non-hydrogen) atoms. The smallest absolute Gasteiger partial charge is 0.193 e. The van der Waals surface area contributed by atoms with Gasteiger partial charge in [0.1, 0.15) is 11.5 Å². The maximum absolute atomic E-state index is 12.6. The van der Waals surface area contributed by atoms with E-state index in [0.29, 0.717) is 22.4 Å². The molecule has 0 bridgehead atoms. The summed E-state index contributed by atoms with van der Waals surface area (Å²) in [6, 6.07) is 20.4. The van der Waals surface area contributed by atoms with Crippen LogP contribution in [-0.2, 0) is 0 Å². The fraction of sp³-hybridized carbons (Fsp3) is 0.0476. The molecule has 0 amide bonds. The molecule has 4 heteroatoms. The molecule has 0 saturated heterocycles. The van der Waals surface area contributed by atoms with Gasteiger partial charge in [0.25, 0.3) is 0 Å². The summed E-state index contributed by atoms with van der Waals surface area (Å²) in [5.74, 6) is 0.698. The van der Waals surface area contributed by atoms with Gasteiger partial charge in [-0.25, -0.2) is 0 Å². The summed E-state index contributed by atoms with van der Waals surface area (Å²) in [5.41, 5.74) is 2.74.